The molecule has 22 heavy (non-hydrogen) atoms. The molecule has 0 saturated heterocycles. The van der Waals surface area contributed by atoms with Crippen molar-refractivity contribution in [2.75, 3.05) is 0 Å². The SMILES string of the molecule is Cc1ccc(-c2nn3c(CO)c(C(C)(C)C)nc3s2)cc1C. The number of fused-ring (bicyclic) bond motifs is 1. The quantitative estimate of drug-likeness (QED) is 0.781. The molecule has 2 aromatic heterocycles. The van der Waals surface area contributed by atoms with Gasteiger partial charge in [0.25, 0.3) is 0 Å². The van der Waals surface area contributed by atoms with Gasteiger partial charge in [-0.1, -0.05) is 44.2 Å². The Kier molecular flexibility index (Phi) is 3.57. The van der Waals surface area contributed by atoms with Gasteiger partial charge in [-0.15, -0.1) is 0 Å². The highest BCUT2D eigenvalue weighted by atomic mass is 32.1. The summed E-state index contributed by atoms with van der Waals surface area (Å²) in [7, 11) is 0. The lowest BCUT2D eigenvalue weighted by molar-refractivity contribution is 0.270. The van der Waals surface area contributed by atoms with Gasteiger partial charge in [-0.25, -0.2) is 9.50 Å². The summed E-state index contributed by atoms with van der Waals surface area (Å²) in [6.07, 6.45) is 0. The Morgan fingerprint density at radius 3 is 2.50 bits per heavy atom. The molecule has 0 unspecified atom stereocenters. The zero-order valence-corrected chi connectivity index (χ0v) is 14.5. The zero-order chi connectivity index (χ0) is 16.1. The van der Waals surface area contributed by atoms with Crippen molar-refractivity contribution in [2.45, 2.75) is 46.6 Å². The molecule has 0 atom stereocenters. The van der Waals surface area contributed by atoms with Crippen LogP contribution in [0.25, 0.3) is 15.5 Å². The minimum atomic E-state index is -0.105. The highest BCUT2D eigenvalue weighted by Gasteiger charge is 2.25. The standard InChI is InChI=1S/C17H21N3OS/c1-10-6-7-12(8-11(10)2)15-19-20-13(9-21)14(17(3,4)5)18-16(20)22-15/h6-8,21H,9H2,1-5H3. The second kappa shape index (κ2) is 5.18. The molecule has 0 radical (unpaired) electrons. The van der Waals surface area contributed by atoms with Crippen LogP contribution in [0.4, 0.5) is 0 Å². The molecule has 0 bridgehead atoms. The first-order valence-electron chi connectivity index (χ1n) is 7.38. The molecule has 1 aromatic carbocycles. The van der Waals surface area contributed by atoms with Crippen LogP contribution in [-0.2, 0) is 12.0 Å². The molecule has 3 aromatic rings. The molecule has 0 aliphatic heterocycles. The molecule has 0 spiro atoms. The monoisotopic (exact) mass is 315 g/mol. The van der Waals surface area contributed by atoms with Gasteiger partial charge in [0.2, 0.25) is 4.96 Å². The smallest absolute Gasteiger partial charge is 0.213 e. The molecular formula is C17H21N3OS. The molecule has 0 amide bonds. The fourth-order valence-corrected chi connectivity index (χ4v) is 3.44. The van der Waals surface area contributed by atoms with Crippen LogP contribution in [0.2, 0.25) is 0 Å². The maximum absolute atomic E-state index is 9.73. The van der Waals surface area contributed by atoms with Gasteiger partial charge < -0.3 is 5.11 Å². The predicted octanol–water partition coefficient (Wildman–Crippen LogP) is 3.86. The van der Waals surface area contributed by atoms with Crippen LogP contribution in [0.5, 0.6) is 0 Å². The highest BCUT2D eigenvalue weighted by Crippen LogP contribution is 2.32. The number of aromatic nitrogens is 3. The fraction of sp³-hybridized carbons (Fsp3) is 0.412. The van der Waals surface area contributed by atoms with Gasteiger partial charge in [-0.05, 0) is 31.0 Å². The predicted molar refractivity (Wildman–Crippen MR) is 90.4 cm³/mol. The van der Waals surface area contributed by atoms with Crippen LogP contribution < -0.4 is 0 Å². The van der Waals surface area contributed by atoms with Crippen molar-refractivity contribution in [3.63, 3.8) is 0 Å². The molecule has 3 rings (SSSR count). The number of nitrogens with zero attached hydrogens (tertiary/aromatic N) is 3. The van der Waals surface area contributed by atoms with E-state index >= 15 is 0 Å². The van der Waals surface area contributed by atoms with Crippen molar-refractivity contribution in [1.29, 1.82) is 0 Å². The van der Waals surface area contributed by atoms with Gasteiger partial charge in [-0.2, -0.15) is 5.10 Å². The van der Waals surface area contributed by atoms with E-state index in [1.807, 2.05) is 0 Å². The van der Waals surface area contributed by atoms with E-state index in [0.717, 1.165) is 26.9 Å². The van der Waals surface area contributed by atoms with Crippen molar-refractivity contribution in [3.8, 4) is 10.6 Å². The summed E-state index contributed by atoms with van der Waals surface area (Å²) < 4.78 is 1.79. The Morgan fingerprint density at radius 1 is 1.18 bits per heavy atom. The number of hydrogen-bond donors (Lipinski definition) is 1. The van der Waals surface area contributed by atoms with Gasteiger partial charge in [0, 0.05) is 11.0 Å². The number of aliphatic hydroxyl groups is 1. The summed E-state index contributed by atoms with van der Waals surface area (Å²) in [5.74, 6) is 0. The lowest BCUT2D eigenvalue weighted by Gasteiger charge is -2.16. The molecule has 2 heterocycles. The van der Waals surface area contributed by atoms with Crippen molar-refractivity contribution >= 4 is 16.3 Å². The van der Waals surface area contributed by atoms with Crippen molar-refractivity contribution in [3.05, 3.63) is 40.7 Å². The first-order valence-corrected chi connectivity index (χ1v) is 8.20. The molecular weight excluding hydrogens is 294 g/mol. The Hall–Kier alpha value is -1.72. The van der Waals surface area contributed by atoms with Crippen LogP contribution in [0.15, 0.2) is 18.2 Å². The topological polar surface area (TPSA) is 50.4 Å². The van der Waals surface area contributed by atoms with E-state index in [9.17, 15) is 5.11 Å². The molecule has 0 saturated carbocycles. The van der Waals surface area contributed by atoms with E-state index in [1.54, 1.807) is 15.9 Å². The van der Waals surface area contributed by atoms with Crippen LogP contribution in [0.3, 0.4) is 0 Å². The van der Waals surface area contributed by atoms with Crippen LogP contribution in [0, 0.1) is 13.8 Å². The molecule has 0 aliphatic rings. The Balaban J connectivity index is 2.15. The zero-order valence-electron chi connectivity index (χ0n) is 13.6. The minimum Gasteiger partial charge on any atom is -0.390 e. The van der Waals surface area contributed by atoms with E-state index in [-0.39, 0.29) is 12.0 Å². The van der Waals surface area contributed by atoms with Gasteiger partial charge in [0.05, 0.1) is 18.0 Å². The molecule has 5 heteroatoms. The number of rotatable bonds is 2. The third kappa shape index (κ3) is 2.44. The van der Waals surface area contributed by atoms with Crippen LogP contribution in [-0.4, -0.2) is 19.7 Å². The Labute approximate surface area is 134 Å². The maximum Gasteiger partial charge on any atom is 0.213 e. The highest BCUT2D eigenvalue weighted by molar-refractivity contribution is 7.19. The summed E-state index contributed by atoms with van der Waals surface area (Å²) in [4.78, 5) is 5.54. The van der Waals surface area contributed by atoms with E-state index in [4.69, 9.17) is 4.98 Å². The van der Waals surface area contributed by atoms with Gasteiger partial charge in [-0.3, -0.25) is 0 Å². The van der Waals surface area contributed by atoms with Gasteiger partial charge >= 0.3 is 0 Å². The first kappa shape index (κ1) is 15.2. The van der Waals surface area contributed by atoms with Crippen molar-refractivity contribution < 1.29 is 5.11 Å². The summed E-state index contributed by atoms with van der Waals surface area (Å²) in [6, 6.07) is 6.35. The van der Waals surface area contributed by atoms with Crippen molar-refractivity contribution in [1.82, 2.24) is 14.6 Å². The molecule has 0 aliphatic carbocycles. The summed E-state index contributed by atoms with van der Waals surface area (Å²) in [5.41, 5.74) is 5.22. The van der Waals surface area contributed by atoms with E-state index in [1.165, 1.54) is 11.1 Å². The van der Waals surface area contributed by atoms with Gasteiger partial charge in [0.1, 0.15) is 5.01 Å². The fourth-order valence-electron chi connectivity index (χ4n) is 2.52. The third-order valence-electron chi connectivity index (χ3n) is 3.91. The minimum absolute atomic E-state index is 0.0517. The second-order valence-corrected chi connectivity index (χ2v) is 7.67. The summed E-state index contributed by atoms with van der Waals surface area (Å²) in [6.45, 7) is 10.5. The lowest BCUT2D eigenvalue weighted by Crippen LogP contribution is -2.15. The van der Waals surface area contributed by atoms with Crippen molar-refractivity contribution in [2.24, 2.45) is 0 Å². The van der Waals surface area contributed by atoms with Gasteiger partial charge in [0.15, 0.2) is 0 Å². The first-order chi connectivity index (χ1) is 10.3. The number of benzene rings is 1. The van der Waals surface area contributed by atoms with E-state index < -0.39 is 0 Å². The molecule has 116 valence electrons. The largest absolute Gasteiger partial charge is 0.390 e. The molecule has 0 fully saturated rings. The van der Waals surface area contributed by atoms with E-state index in [0.29, 0.717) is 0 Å². The Morgan fingerprint density at radius 2 is 1.91 bits per heavy atom. The Bertz CT molecular complexity index is 840. The lowest BCUT2D eigenvalue weighted by atomic mass is 9.91. The number of hydrogen-bond acceptors (Lipinski definition) is 4. The average molecular weight is 315 g/mol. The number of imidazole rings is 1. The second-order valence-electron chi connectivity index (χ2n) is 6.72. The summed E-state index contributed by atoms with van der Waals surface area (Å²) in [5, 5.41) is 15.3. The molecule has 4 nitrogen and oxygen atoms in total. The van der Waals surface area contributed by atoms with Crippen LogP contribution in [0.1, 0.15) is 43.3 Å². The third-order valence-corrected chi connectivity index (χ3v) is 4.87. The maximum atomic E-state index is 9.73. The number of aliphatic hydroxyl groups excluding tert-OH is 1. The normalized spacial score (nSPS) is 12.3. The summed E-state index contributed by atoms with van der Waals surface area (Å²) >= 11 is 1.56. The average Bonchev–Trinajstić information content (AvgIpc) is 2.98. The van der Waals surface area contributed by atoms with Crippen LogP contribution >= 0.6 is 11.3 Å². The number of aryl methyl sites for hydroxylation is 2. The van der Waals surface area contributed by atoms with E-state index in [2.05, 4.69) is 57.9 Å². The molecule has 1 N–H and O–H groups in total.